The van der Waals surface area contributed by atoms with Crippen LogP contribution in [-0.4, -0.2) is 31.5 Å². The predicted octanol–water partition coefficient (Wildman–Crippen LogP) is 1.87. The molecule has 0 spiro atoms. The molecule has 0 heterocycles. The molecule has 0 aromatic heterocycles. The lowest BCUT2D eigenvalue weighted by molar-refractivity contribution is 0.102. The van der Waals surface area contributed by atoms with E-state index in [-0.39, 0.29) is 21.6 Å². The van der Waals surface area contributed by atoms with Gasteiger partial charge in [0.2, 0.25) is 0 Å². The van der Waals surface area contributed by atoms with Crippen molar-refractivity contribution in [3.8, 4) is 0 Å². The van der Waals surface area contributed by atoms with Crippen molar-refractivity contribution in [2.24, 2.45) is 0 Å². The van der Waals surface area contributed by atoms with Crippen LogP contribution in [0, 0.1) is 12.7 Å². The molecule has 0 aliphatic heterocycles. The molecule has 0 bridgehead atoms. The van der Waals surface area contributed by atoms with Crippen molar-refractivity contribution in [3.63, 3.8) is 0 Å². The van der Waals surface area contributed by atoms with Crippen LogP contribution >= 0.6 is 0 Å². The van der Waals surface area contributed by atoms with Gasteiger partial charge in [-0.25, -0.2) is 12.8 Å². The monoisotopic (exact) mass is 428 g/mol. The quantitative estimate of drug-likeness (QED) is 0.448. The highest BCUT2D eigenvalue weighted by atomic mass is 32.2. The average molecular weight is 428 g/mol. The molecule has 0 saturated heterocycles. The summed E-state index contributed by atoms with van der Waals surface area (Å²) in [5, 5.41) is 21.1. The Kier molecular flexibility index (Phi) is 6.21. The molecule has 30 heavy (non-hydrogen) atoms. The number of rotatable bonds is 6. The van der Waals surface area contributed by atoms with Crippen LogP contribution in [0.15, 0.2) is 71.6 Å². The first-order valence-corrected chi connectivity index (χ1v) is 10.3. The highest BCUT2D eigenvalue weighted by molar-refractivity contribution is 7.92. The fourth-order valence-corrected chi connectivity index (χ4v) is 3.80. The third-order valence-electron chi connectivity index (χ3n) is 4.26. The van der Waals surface area contributed by atoms with Gasteiger partial charge >= 0.3 is 7.12 Å². The van der Waals surface area contributed by atoms with Gasteiger partial charge in [-0.05, 0) is 66.5 Å². The maximum absolute atomic E-state index is 13.4. The molecule has 3 aromatic rings. The Labute approximate surface area is 173 Å². The third kappa shape index (κ3) is 5.04. The molecule has 0 aliphatic rings. The molecule has 3 rings (SSSR count). The number of halogens is 1. The number of amides is 1. The summed E-state index contributed by atoms with van der Waals surface area (Å²) >= 11 is 0. The molecule has 0 fully saturated rings. The molecule has 1 amide bonds. The first-order valence-electron chi connectivity index (χ1n) is 8.82. The molecular formula is C20H18BFN2O5S. The second kappa shape index (κ2) is 8.66. The first kappa shape index (κ1) is 21.5. The highest BCUT2D eigenvalue weighted by Gasteiger charge is 2.18. The summed E-state index contributed by atoms with van der Waals surface area (Å²) < 4.78 is 41.1. The van der Waals surface area contributed by atoms with Crippen molar-refractivity contribution < 1.29 is 27.7 Å². The summed E-state index contributed by atoms with van der Waals surface area (Å²) in [6.45, 7) is 1.56. The van der Waals surface area contributed by atoms with Gasteiger partial charge < -0.3 is 15.4 Å². The number of aryl methyl sites for hydroxylation is 1. The Bertz CT molecular complexity index is 1200. The number of sulfonamides is 1. The van der Waals surface area contributed by atoms with E-state index in [1.54, 1.807) is 6.92 Å². The van der Waals surface area contributed by atoms with Crippen LogP contribution in [0.1, 0.15) is 15.9 Å². The number of hydrogen-bond donors (Lipinski definition) is 4. The van der Waals surface area contributed by atoms with Crippen molar-refractivity contribution >= 4 is 39.9 Å². The van der Waals surface area contributed by atoms with Crippen LogP contribution in [0.2, 0.25) is 0 Å². The van der Waals surface area contributed by atoms with Crippen molar-refractivity contribution in [2.45, 2.75) is 11.8 Å². The minimum absolute atomic E-state index is 0.0967. The minimum atomic E-state index is -4.04. The maximum atomic E-state index is 13.4. The zero-order valence-electron chi connectivity index (χ0n) is 15.8. The number of nitrogens with one attached hydrogen (secondary N) is 2. The van der Waals surface area contributed by atoms with Crippen LogP contribution in [0.25, 0.3) is 0 Å². The minimum Gasteiger partial charge on any atom is -0.423 e. The fraction of sp³-hybridized carbons (Fsp3) is 0.0500. The van der Waals surface area contributed by atoms with Crippen LogP contribution in [0.3, 0.4) is 0 Å². The highest BCUT2D eigenvalue weighted by Crippen LogP contribution is 2.19. The zero-order chi connectivity index (χ0) is 21.9. The van der Waals surface area contributed by atoms with Gasteiger partial charge in [0.05, 0.1) is 4.90 Å². The number of carbonyl (C=O) groups excluding carboxylic acids is 1. The molecule has 0 radical (unpaired) electrons. The zero-order valence-corrected chi connectivity index (χ0v) is 16.7. The Morgan fingerprint density at radius 2 is 1.70 bits per heavy atom. The number of benzene rings is 3. The molecule has 10 heteroatoms. The molecule has 0 unspecified atom stereocenters. The van der Waals surface area contributed by atoms with E-state index in [1.807, 2.05) is 0 Å². The van der Waals surface area contributed by atoms with E-state index in [0.717, 1.165) is 0 Å². The molecule has 0 aliphatic carbocycles. The van der Waals surface area contributed by atoms with Gasteiger partial charge in [-0.15, -0.1) is 0 Å². The second-order valence-electron chi connectivity index (χ2n) is 6.55. The molecule has 154 valence electrons. The summed E-state index contributed by atoms with van der Waals surface area (Å²) in [7, 11) is -5.78. The van der Waals surface area contributed by atoms with Gasteiger partial charge in [0.1, 0.15) is 5.82 Å². The van der Waals surface area contributed by atoms with E-state index >= 15 is 0 Å². The van der Waals surface area contributed by atoms with E-state index in [0.29, 0.717) is 11.3 Å². The Morgan fingerprint density at radius 3 is 2.40 bits per heavy atom. The average Bonchev–Trinajstić information content (AvgIpc) is 2.70. The summed E-state index contributed by atoms with van der Waals surface area (Å²) in [4.78, 5) is 12.3. The molecule has 0 saturated carbocycles. The van der Waals surface area contributed by atoms with Crippen molar-refractivity contribution in [2.75, 3.05) is 10.0 Å². The van der Waals surface area contributed by atoms with E-state index in [4.69, 9.17) is 0 Å². The van der Waals surface area contributed by atoms with Gasteiger partial charge in [0.15, 0.2) is 0 Å². The Hall–Kier alpha value is -3.21. The Balaban J connectivity index is 1.82. The molecule has 0 atom stereocenters. The number of hydrogen-bond acceptors (Lipinski definition) is 5. The summed E-state index contributed by atoms with van der Waals surface area (Å²) in [6.07, 6.45) is 0. The maximum Gasteiger partial charge on any atom is 0.488 e. The second-order valence-corrected chi connectivity index (χ2v) is 8.23. The van der Waals surface area contributed by atoms with Gasteiger partial charge in [0.25, 0.3) is 15.9 Å². The molecule has 4 N–H and O–H groups in total. The van der Waals surface area contributed by atoms with Crippen LogP contribution < -0.4 is 15.5 Å². The van der Waals surface area contributed by atoms with Gasteiger partial charge in [-0.2, -0.15) is 0 Å². The van der Waals surface area contributed by atoms with Crippen LogP contribution in [-0.2, 0) is 10.0 Å². The van der Waals surface area contributed by atoms with Crippen LogP contribution in [0.5, 0.6) is 0 Å². The normalized spacial score (nSPS) is 11.1. The number of carbonyl (C=O) groups is 1. The van der Waals surface area contributed by atoms with Gasteiger partial charge in [0, 0.05) is 16.9 Å². The lowest BCUT2D eigenvalue weighted by Gasteiger charge is -2.11. The van der Waals surface area contributed by atoms with Gasteiger partial charge in [-0.3, -0.25) is 9.52 Å². The third-order valence-corrected chi connectivity index (χ3v) is 5.64. The van der Waals surface area contributed by atoms with E-state index < -0.39 is 28.9 Å². The Morgan fingerprint density at radius 1 is 0.967 bits per heavy atom. The van der Waals surface area contributed by atoms with Crippen LogP contribution in [0.4, 0.5) is 15.8 Å². The lowest BCUT2D eigenvalue weighted by Crippen LogP contribution is -2.30. The SMILES string of the molecule is Cc1cc(NC(=O)c2cccc(S(=O)(=O)Nc3cccc(B(O)O)c3)c2)ccc1F. The van der Waals surface area contributed by atoms with Crippen molar-refractivity contribution in [1.82, 2.24) is 0 Å². The topological polar surface area (TPSA) is 116 Å². The largest absolute Gasteiger partial charge is 0.488 e. The summed E-state index contributed by atoms with van der Waals surface area (Å²) in [5.74, 6) is -0.951. The summed E-state index contributed by atoms with van der Waals surface area (Å²) in [5.41, 5.74) is 1.10. The predicted molar refractivity (Wildman–Crippen MR) is 113 cm³/mol. The van der Waals surface area contributed by atoms with E-state index in [9.17, 15) is 27.7 Å². The fourth-order valence-electron chi connectivity index (χ4n) is 2.71. The van der Waals surface area contributed by atoms with Crippen molar-refractivity contribution in [1.29, 1.82) is 0 Å². The smallest absolute Gasteiger partial charge is 0.423 e. The number of anilines is 2. The lowest BCUT2D eigenvalue weighted by atomic mass is 9.80. The summed E-state index contributed by atoms with van der Waals surface area (Å²) in [6, 6.07) is 15.2. The molecule has 3 aromatic carbocycles. The molecular weight excluding hydrogens is 410 g/mol. The van der Waals surface area contributed by atoms with E-state index in [1.165, 1.54) is 66.7 Å². The van der Waals surface area contributed by atoms with Gasteiger partial charge in [-0.1, -0.05) is 18.2 Å². The standard InChI is InChI=1S/C20H18BFN2O5S/c1-13-10-16(8-9-19(13)22)23-20(25)14-4-2-7-18(11-14)30(28,29)24-17-6-3-5-15(12-17)21(26)27/h2-12,24,26-27H,1H3,(H,23,25). The molecule has 7 nitrogen and oxygen atoms in total. The first-order chi connectivity index (χ1) is 14.2. The van der Waals surface area contributed by atoms with E-state index in [2.05, 4.69) is 10.0 Å². The van der Waals surface area contributed by atoms with Crippen molar-refractivity contribution in [3.05, 3.63) is 83.7 Å².